The van der Waals surface area contributed by atoms with Crippen LogP contribution in [0.4, 0.5) is 5.13 Å². The minimum Gasteiger partial charge on any atom is -0.497 e. The Labute approximate surface area is 159 Å². The van der Waals surface area contributed by atoms with Gasteiger partial charge < -0.3 is 14.8 Å². The first-order valence-electron chi connectivity index (χ1n) is 7.71. The van der Waals surface area contributed by atoms with E-state index in [9.17, 15) is 4.79 Å². The van der Waals surface area contributed by atoms with Crippen LogP contribution in [0.15, 0.2) is 41.1 Å². The molecule has 0 unspecified atom stereocenters. The lowest BCUT2D eigenvalue weighted by molar-refractivity contribution is -0.113. The molecule has 0 saturated carbocycles. The van der Waals surface area contributed by atoms with Crippen LogP contribution in [0.3, 0.4) is 0 Å². The first-order valence-corrected chi connectivity index (χ1v) is 9.57. The summed E-state index contributed by atoms with van der Waals surface area (Å²) in [7, 11) is 3.21. The molecule has 7 nitrogen and oxygen atoms in total. The number of anilines is 1. The number of aryl methyl sites for hydroxylation is 1. The van der Waals surface area contributed by atoms with Crippen molar-refractivity contribution in [3.05, 3.63) is 41.7 Å². The van der Waals surface area contributed by atoms with Crippen molar-refractivity contribution in [2.24, 2.45) is 0 Å². The number of ether oxygens (including phenoxy) is 2. The highest BCUT2D eigenvalue weighted by Crippen LogP contribution is 2.30. The van der Waals surface area contributed by atoms with Crippen LogP contribution in [-0.4, -0.2) is 40.4 Å². The maximum absolute atomic E-state index is 12.1. The van der Waals surface area contributed by atoms with E-state index in [1.165, 1.54) is 23.1 Å². The van der Waals surface area contributed by atoms with E-state index < -0.39 is 0 Å². The molecule has 2 aromatic heterocycles. The van der Waals surface area contributed by atoms with Gasteiger partial charge in [-0.05, 0) is 19.1 Å². The predicted molar refractivity (Wildman–Crippen MR) is 103 cm³/mol. The van der Waals surface area contributed by atoms with E-state index in [1.807, 2.05) is 35.2 Å². The predicted octanol–water partition coefficient (Wildman–Crippen LogP) is 3.39. The number of methoxy groups -OCH3 is 2. The number of rotatable bonds is 7. The number of nitrogens with zero attached hydrogens (tertiary/aromatic N) is 3. The van der Waals surface area contributed by atoms with Crippen LogP contribution in [0.2, 0.25) is 0 Å². The van der Waals surface area contributed by atoms with Gasteiger partial charge in [-0.3, -0.25) is 9.36 Å². The molecule has 2 heterocycles. The van der Waals surface area contributed by atoms with E-state index in [4.69, 9.17) is 9.47 Å². The number of hydrogen-bond acceptors (Lipinski definition) is 7. The van der Waals surface area contributed by atoms with E-state index >= 15 is 0 Å². The molecule has 0 aliphatic carbocycles. The molecule has 3 aromatic rings. The topological polar surface area (TPSA) is 78.3 Å². The van der Waals surface area contributed by atoms with Crippen molar-refractivity contribution in [2.75, 3.05) is 25.3 Å². The average molecular weight is 390 g/mol. The number of imidazole rings is 1. The molecular formula is C17H18N4O3S2. The van der Waals surface area contributed by atoms with Crippen molar-refractivity contribution in [3.8, 4) is 17.2 Å². The first-order chi connectivity index (χ1) is 12.6. The van der Waals surface area contributed by atoms with Crippen molar-refractivity contribution in [3.63, 3.8) is 0 Å². The second-order valence-corrected chi connectivity index (χ2v) is 7.05. The number of aromatic nitrogens is 3. The Kier molecular flexibility index (Phi) is 5.79. The molecule has 0 fully saturated rings. The number of thioether (sulfide) groups is 1. The quantitative estimate of drug-likeness (QED) is 0.623. The van der Waals surface area contributed by atoms with Crippen LogP contribution in [0, 0.1) is 6.92 Å². The highest BCUT2D eigenvalue weighted by atomic mass is 32.2. The average Bonchev–Trinajstić information content (AvgIpc) is 3.28. The Morgan fingerprint density at radius 2 is 2.19 bits per heavy atom. The van der Waals surface area contributed by atoms with Gasteiger partial charge in [-0.1, -0.05) is 11.8 Å². The van der Waals surface area contributed by atoms with Crippen molar-refractivity contribution in [1.29, 1.82) is 0 Å². The van der Waals surface area contributed by atoms with Crippen molar-refractivity contribution in [1.82, 2.24) is 14.5 Å². The Bertz CT molecular complexity index is 907. The summed E-state index contributed by atoms with van der Waals surface area (Å²) < 4.78 is 12.6. The second kappa shape index (κ2) is 8.24. The minimum atomic E-state index is -0.124. The molecule has 136 valence electrons. The van der Waals surface area contributed by atoms with Crippen molar-refractivity contribution in [2.45, 2.75) is 12.1 Å². The number of carbonyl (C=O) groups is 1. The number of amides is 1. The summed E-state index contributed by atoms with van der Waals surface area (Å²) in [6.45, 7) is 1.89. The molecule has 9 heteroatoms. The van der Waals surface area contributed by atoms with Crippen LogP contribution in [0.5, 0.6) is 11.5 Å². The van der Waals surface area contributed by atoms with Gasteiger partial charge in [0.25, 0.3) is 0 Å². The maximum Gasteiger partial charge on any atom is 0.236 e. The van der Waals surface area contributed by atoms with E-state index in [-0.39, 0.29) is 11.7 Å². The lowest BCUT2D eigenvalue weighted by Crippen LogP contribution is -2.14. The molecule has 0 atom stereocenters. The Balaban J connectivity index is 1.72. The third kappa shape index (κ3) is 4.17. The molecule has 0 spiro atoms. The lowest BCUT2D eigenvalue weighted by atomic mass is 10.2. The summed E-state index contributed by atoms with van der Waals surface area (Å²) >= 11 is 2.75. The molecule has 0 aliphatic rings. The summed E-state index contributed by atoms with van der Waals surface area (Å²) in [5.41, 5.74) is 1.71. The molecular weight excluding hydrogens is 372 g/mol. The van der Waals surface area contributed by atoms with E-state index in [0.717, 1.165) is 11.4 Å². The summed E-state index contributed by atoms with van der Waals surface area (Å²) in [5.74, 6) is 1.47. The fraction of sp³-hybridized carbons (Fsp3) is 0.235. The van der Waals surface area contributed by atoms with E-state index in [0.29, 0.717) is 21.8 Å². The van der Waals surface area contributed by atoms with Crippen molar-refractivity contribution >= 4 is 34.1 Å². The molecule has 1 aromatic carbocycles. The number of carbonyl (C=O) groups excluding carboxylic acids is 1. The van der Waals surface area contributed by atoms with E-state index in [2.05, 4.69) is 15.3 Å². The largest absolute Gasteiger partial charge is 0.497 e. The summed E-state index contributed by atoms with van der Waals surface area (Å²) in [5, 5.41) is 5.98. The Hall–Kier alpha value is -2.52. The Morgan fingerprint density at radius 1 is 1.35 bits per heavy atom. The molecule has 3 rings (SSSR count). The van der Waals surface area contributed by atoms with Gasteiger partial charge in [0.2, 0.25) is 5.91 Å². The normalized spacial score (nSPS) is 10.6. The SMILES string of the molecule is COc1ccc(-n2ccnc2SCC(=O)Nc2nc(C)cs2)c(OC)c1. The summed E-state index contributed by atoms with van der Waals surface area (Å²) in [6.07, 6.45) is 3.52. The number of nitrogens with one attached hydrogen (secondary N) is 1. The standard InChI is InChI=1S/C17H18N4O3S2/c1-11-9-25-16(19-11)20-15(22)10-26-17-18-6-7-21(17)13-5-4-12(23-2)8-14(13)24-3/h4-9H,10H2,1-3H3,(H,19,20,22). The van der Waals surface area contributed by atoms with Gasteiger partial charge in [-0.25, -0.2) is 9.97 Å². The zero-order chi connectivity index (χ0) is 18.5. The van der Waals surface area contributed by atoms with Crippen LogP contribution in [-0.2, 0) is 4.79 Å². The molecule has 0 bridgehead atoms. The minimum absolute atomic E-state index is 0.124. The molecule has 0 saturated heterocycles. The second-order valence-electron chi connectivity index (χ2n) is 5.25. The molecule has 1 amide bonds. The smallest absolute Gasteiger partial charge is 0.236 e. The van der Waals surface area contributed by atoms with Gasteiger partial charge in [0.1, 0.15) is 11.5 Å². The van der Waals surface area contributed by atoms with Gasteiger partial charge in [-0.15, -0.1) is 11.3 Å². The number of benzene rings is 1. The third-order valence-electron chi connectivity index (χ3n) is 3.45. The first kappa shape index (κ1) is 18.3. The van der Waals surface area contributed by atoms with E-state index in [1.54, 1.807) is 26.5 Å². The van der Waals surface area contributed by atoms with Crippen LogP contribution in [0.1, 0.15) is 5.69 Å². The fourth-order valence-corrected chi connectivity index (χ4v) is 3.73. The fourth-order valence-electron chi connectivity index (χ4n) is 2.26. The molecule has 26 heavy (non-hydrogen) atoms. The van der Waals surface area contributed by atoms with Gasteiger partial charge in [0.15, 0.2) is 10.3 Å². The van der Waals surface area contributed by atoms with Crippen LogP contribution < -0.4 is 14.8 Å². The highest BCUT2D eigenvalue weighted by Gasteiger charge is 2.14. The monoisotopic (exact) mass is 390 g/mol. The number of hydrogen-bond donors (Lipinski definition) is 1. The van der Waals surface area contributed by atoms with Crippen LogP contribution >= 0.6 is 23.1 Å². The lowest BCUT2D eigenvalue weighted by Gasteiger charge is -2.13. The van der Waals surface area contributed by atoms with Gasteiger partial charge >= 0.3 is 0 Å². The highest BCUT2D eigenvalue weighted by molar-refractivity contribution is 7.99. The van der Waals surface area contributed by atoms with Crippen molar-refractivity contribution < 1.29 is 14.3 Å². The van der Waals surface area contributed by atoms with Crippen LogP contribution in [0.25, 0.3) is 5.69 Å². The summed E-state index contributed by atoms with van der Waals surface area (Å²) in [4.78, 5) is 20.7. The zero-order valence-corrected chi connectivity index (χ0v) is 16.2. The Morgan fingerprint density at radius 3 is 2.88 bits per heavy atom. The molecule has 0 aliphatic heterocycles. The van der Waals surface area contributed by atoms with Gasteiger partial charge in [0.05, 0.1) is 31.4 Å². The maximum atomic E-state index is 12.1. The molecule has 0 radical (unpaired) electrons. The zero-order valence-electron chi connectivity index (χ0n) is 14.6. The molecule has 1 N–H and O–H groups in total. The summed E-state index contributed by atoms with van der Waals surface area (Å²) in [6, 6.07) is 5.55. The third-order valence-corrected chi connectivity index (χ3v) is 5.29. The van der Waals surface area contributed by atoms with Gasteiger partial charge in [-0.2, -0.15) is 0 Å². The van der Waals surface area contributed by atoms with Gasteiger partial charge in [0, 0.05) is 23.8 Å². The number of thiazole rings is 1.